The number of alkyl halides is 3. The standard InChI is InChI=1S/C10H10F3N3O4/c1-9(2,8(17)18)15-5-3-7(10(11,12)13)14-4-6(5)16(19)20/h3-4H,1-2H3,(H,14,15)(H,17,18). The molecule has 110 valence electrons. The van der Waals surface area contributed by atoms with E-state index in [1.165, 1.54) is 0 Å². The number of halogens is 3. The Balaban J connectivity index is 3.34. The van der Waals surface area contributed by atoms with Gasteiger partial charge in [-0.25, -0.2) is 9.78 Å². The molecule has 0 bridgehead atoms. The number of rotatable bonds is 4. The van der Waals surface area contributed by atoms with E-state index in [-0.39, 0.29) is 0 Å². The number of anilines is 1. The minimum atomic E-state index is -4.79. The van der Waals surface area contributed by atoms with Crippen molar-refractivity contribution in [1.29, 1.82) is 0 Å². The van der Waals surface area contributed by atoms with Crippen LogP contribution in [0, 0.1) is 10.1 Å². The summed E-state index contributed by atoms with van der Waals surface area (Å²) in [5, 5.41) is 21.8. The van der Waals surface area contributed by atoms with Gasteiger partial charge in [0.25, 0.3) is 0 Å². The smallest absolute Gasteiger partial charge is 0.433 e. The fraction of sp³-hybridized carbons (Fsp3) is 0.400. The SMILES string of the molecule is CC(C)(Nc1cc(C(F)(F)F)ncc1[N+](=O)[O-])C(=O)O. The Morgan fingerprint density at radius 3 is 2.40 bits per heavy atom. The first-order valence-electron chi connectivity index (χ1n) is 5.18. The number of aromatic nitrogens is 1. The van der Waals surface area contributed by atoms with Crippen LogP contribution in [0.25, 0.3) is 0 Å². The lowest BCUT2D eigenvalue weighted by atomic mass is 10.1. The number of hydrogen-bond donors (Lipinski definition) is 2. The van der Waals surface area contributed by atoms with Gasteiger partial charge in [0.1, 0.15) is 23.1 Å². The van der Waals surface area contributed by atoms with Crippen molar-refractivity contribution < 1.29 is 28.0 Å². The van der Waals surface area contributed by atoms with Crippen molar-refractivity contribution in [3.63, 3.8) is 0 Å². The maximum atomic E-state index is 12.5. The molecule has 1 heterocycles. The third kappa shape index (κ3) is 3.33. The molecule has 1 aromatic rings. The Bertz CT molecular complexity index is 557. The Morgan fingerprint density at radius 2 is 2.00 bits per heavy atom. The summed E-state index contributed by atoms with van der Waals surface area (Å²) in [6.07, 6.45) is -4.36. The van der Waals surface area contributed by atoms with Crippen LogP contribution in [0.4, 0.5) is 24.5 Å². The van der Waals surface area contributed by atoms with E-state index >= 15 is 0 Å². The summed E-state index contributed by atoms with van der Waals surface area (Å²) in [6.45, 7) is 2.32. The Morgan fingerprint density at radius 1 is 1.45 bits per heavy atom. The Kier molecular flexibility index (Phi) is 3.87. The van der Waals surface area contributed by atoms with Crippen molar-refractivity contribution in [2.75, 3.05) is 5.32 Å². The second-order valence-electron chi connectivity index (χ2n) is 4.40. The fourth-order valence-electron chi connectivity index (χ4n) is 1.24. The zero-order valence-electron chi connectivity index (χ0n) is 10.4. The molecule has 0 spiro atoms. The van der Waals surface area contributed by atoms with Crippen LogP contribution >= 0.6 is 0 Å². The van der Waals surface area contributed by atoms with Crippen molar-refractivity contribution in [1.82, 2.24) is 4.98 Å². The first kappa shape index (κ1) is 15.7. The third-order valence-electron chi connectivity index (χ3n) is 2.35. The van der Waals surface area contributed by atoms with Crippen LogP contribution in [-0.4, -0.2) is 26.5 Å². The van der Waals surface area contributed by atoms with Gasteiger partial charge in [-0.05, 0) is 19.9 Å². The van der Waals surface area contributed by atoms with Crippen LogP contribution in [-0.2, 0) is 11.0 Å². The topological polar surface area (TPSA) is 105 Å². The van der Waals surface area contributed by atoms with E-state index in [1.54, 1.807) is 0 Å². The zero-order chi connectivity index (χ0) is 15.7. The van der Waals surface area contributed by atoms with Crippen LogP contribution in [0.15, 0.2) is 12.3 Å². The van der Waals surface area contributed by atoms with E-state index in [0.717, 1.165) is 13.8 Å². The van der Waals surface area contributed by atoms with Crippen LogP contribution < -0.4 is 5.32 Å². The van der Waals surface area contributed by atoms with Gasteiger partial charge >= 0.3 is 17.8 Å². The van der Waals surface area contributed by atoms with Gasteiger partial charge in [-0.15, -0.1) is 0 Å². The molecule has 0 aliphatic heterocycles. The average Bonchev–Trinajstić information content (AvgIpc) is 2.26. The molecule has 0 atom stereocenters. The minimum absolute atomic E-state index is 0.406. The second-order valence-corrected chi connectivity index (χ2v) is 4.40. The van der Waals surface area contributed by atoms with E-state index in [2.05, 4.69) is 10.3 Å². The molecular weight excluding hydrogens is 283 g/mol. The quantitative estimate of drug-likeness (QED) is 0.651. The predicted octanol–water partition coefficient (Wildman–Crippen LogP) is 2.28. The highest BCUT2D eigenvalue weighted by Crippen LogP contribution is 2.34. The molecule has 20 heavy (non-hydrogen) atoms. The number of nitrogens with one attached hydrogen (secondary N) is 1. The van der Waals surface area contributed by atoms with Gasteiger partial charge in [0.15, 0.2) is 0 Å². The monoisotopic (exact) mass is 293 g/mol. The molecule has 1 rings (SSSR count). The number of pyridine rings is 1. The lowest BCUT2D eigenvalue weighted by Gasteiger charge is -2.22. The molecule has 0 aliphatic carbocycles. The second kappa shape index (κ2) is 4.94. The van der Waals surface area contributed by atoms with Crippen LogP contribution in [0.3, 0.4) is 0 Å². The van der Waals surface area contributed by atoms with Crippen LogP contribution in [0.1, 0.15) is 19.5 Å². The van der Waals surface area contributed by atoms with Crippen molar-refractivity contribution >= 4 is 17.3 Å². The maximum Gasteiger partial charge on any atom is 0.433 e. The van der Waals surface area contributed by atoms with Crippen molar-refractivity contribution in [2.24, 2.45) is 0 Å². The highest BCUT2D eigenvalue weighted by atomic mass is 19.4. The minimum Gasteiger partial charge on any atom is -0.480 e. The highest BCUT2D eigenvalue weighted by Gasteiger charge is 2.36. The molecule has 1 aromatic heterocycles. The number of hydrogen-bond acceptors (Lipinski definition) is 5. The lowest BCUT2D eigenvalue weighted by molar-refractivity contribution is -0.384. The first-order chi connectivity index (χ1) is 8.95. The summed E-state index contributed by atoms with van der Waals surface area (Å²) in [5.74, 6) is -1.38. The molecule has 7 nitrogen and oxygen atoms in total. The van der Waals surface area contributed by atoms with Crippen molar-refractivity contribution in [3.8, 4) is 0 Å². The summed E-state index contributed by atoms with van der Waals surface area (Å²) < 4.78 is 37.5. The van der Waals surface area contributed by atoms with Gasteiger partial charge in [-0.2, -0.15) is 13.2 Å². The number of nitro groups is 1. The highest BCUT2D eigenvalue weighted by molar-refractivity contribution is 5.83. The van der Waals surface area contributed by atoms with Crippen LogP contribution in [0.5, 0.6) is 0 Å². The lowest BCUT2D eigenvalue weighted by Crippen LogP contribution is -2.40. The van der Waals surface area contributed by atoms with Gasteiger partial charge in [0.05, 0.1) is 4.92 Å². The molecule has 2 N–H and O–H groups in total. The molecule has 0 fully saturated rings. The van der Waals surface area contributed by atoms with E-state index in [4.69, 9.17) is 5.11 Å². The van der Waals surface area contributed by atoms with Gasteiger partial charge in [0.2, 0.25) is 0 Å². The molecule has 0 aromatic carbocycles. The number of carboxylic acid groups (broad SMARTS) is 1. The van der Waals surface area contributed by atoms with E-state index in [0.29, 0.717) is 12.3 Å². The normalized spacial score (nSPS) is 12.1. The number of aliphatic carboxylic acids is 1. The first-order valence-corrected chi connectivity index (χ1v) is 5.18. The van der Waals surface area contributed by atoms with Gasteiger partial charge in [-0.3, -0.25) is 10.1 Å². The maximum absolute atomic E-state index is 12.5. The number of nitrogens with zero attached hydrogens (tertiary/aromatic N) is 2. The average molecular weight is 293 g/mol. The summed E-state index contributed by atoms with van der Waals surface area (Å²) in [6, 6.07) is 0.406. The molecule has 0 saturated carbocycles. The molecular formula is C10H10F3N3O4. The fourth-order valence-corrected chi connectivity index (χ4v) is 1.24. The van der Waals surface area contributed by atoms with Crippen LogP contribution in [0.2, 0.25) is 0 Å². The molecule has 0 unspecified atom stereocenters. The summed E-state index contributed by atoms with van der Waals surface area (Å²) in [4.78, 5) is 23.7. The van der Waals surface area contributed by atoms with Gasteiger partial charge in [-0.1, -0.05) is 0 Å². The number of carbonyl (C=O) groups is 1. The van der Waals surface area contributed by atoms with Crippen molar-refractivity contribution in [3.05, 3.63) is 28.1 Å². The van der Waals surface area contributed by atoms with E-state index in [9.17, 15) is 28.1 Å². The summed E-state index contributed by atoms with van der Waals surface area (Å²) >= 11 is 0. The van der Waals surface area contributed by atoms with Gasteiger partial charge < -0.3 is 10.4 Å². The number of carboxylic acids is 1. The van der Waals surface area contributed by atoms with Crippen molar-refractivity contribution in [2.45, 2.75) is 25.6 Å². The molecule has 0 aliphatic rings. The largest absolute Gasteiger partial charge is 0.480 e. The Hall–Kier alpha value is -2.39. The molecule has 0 saturated heterocycles. The zero-order valence-corrected chi connectivity index (χ0v) is 10.4. The predicted molar refractivity (Wildman–Crippen MR) is 61.2 cm³/mol. The summed E-state index contributed by atoms with van der Waals surface area (Å²) in [7, 11) is 0. The molecule has 10 heteroatoms. The van der Waals surface area contributed by atoms with E-state index in [1.807, 2.05) is 0 Å². The third-order valence-corrected chi connectivity index (χ3v) is 2.35. The van der Waals surface area contributed by atoms with E-state index < -0.39 is 39.7 Å². The Labute approximate surface area is 110 Å². The molecule has 0 radical (unpaired) electrons. The summed E-state index contributed by atoms with van der Waals surface area (Å²) in [5.41, 5.74) is -4.35. The molecule has 0 amide bonds. The van der Waals surface area contributed by atoms with Gasteiger partial charge in [0, 0.05) is 0 Å².